The molecule has 0 radical (unpaired) electrons. The molecule has 5 nitrogen and oxygen atoms in total. The van der Waals surface area contributed by atoms with Crippen molar-refractivity contribution >= 4 is 32.2 Å². The third-order valence-electron chi connectivity index (χ3n) is 3.28. The van der Waals surface area contributed by atoms with Gasteiger partial charge in [0.05, 0.1) is 16.6 Å². The second kappa shape index (κ2) is 4.99. The summed E-state index contributed by atoms with van der Waals surface area (Å²) in [6.45, 7) is 0. The number of nitrogens with zero attached hydrogens (tertiary/aromatic N) is 1. The number of anilines is 1. The average molecular weight is 308 g/mol. The van der Waals surface area contributed by atoms with Crippen molar-refractivity contribution in [2.24, 2.45) is 0 Å². The summed E-state index contributed by atoms with van der Waals surface area (Å²) < 4.78 is 24.0. The molecule has 7 heteroatoms. The van der Waals surface area contributed by atoms with Gasteiger partial charge in [0.1, 0.15) is 0 Å². The van der Waals surface area contributed by atoms with Crippen LogP contribution < -0.4 is 5.32 Å². The predicted octanol–water partition coefficient (Wildman–Crippen LogP) is 2.04. The summed E-state index contributed by atoms with van der Waals surface area (Å²) >= 11 is 1.34. The first-order chi connectivity index (χ1) is 9.58. The Kier molecular flexibility index (Phi) is 3.31. The standard InChI is InChI=1S/C13H12N2O3S2/c16-12(15-13-14-6-7-19-13)10-5-8-20(17,18)11-4-2-1-3-9(10)11/h1-4,6-7,10H,5,8H2,(H,14,15,16). The van der Waals surface area contributed by atoms with Crippen molar-refractivity contribution in [3.8, 4) is 0 Å². The van der Waals surface area contributed by atoms with Crippen LogP contribution in [0.3, 0.4) is 0 Å². The highest BCUT2D eigenvalue weighted by molar-refractivity contribution is 7.91. The van der Waals surface area contributed by atoms with E-state index in [2.05, 4.69) is 10.3 Å². The largest absolute Gasteiger partial charge is 0.301 e. The molecule has 0 spiro atoms. The first-order valence-electron chi connectivity index (χ1n) is 6.10. The Morgan fingerprint density at radius 2 is 2.15 bits per heavy atom. The maximum atomic E-state index is 12.3. The zero-order chi connectivity index (χ0) is 14.2. The maximum Gasteiger partial charge on any atom is 0.233 e. The highest BCUT2D eigenvalue weighted by Crippen LogP contribution is 2.34. The fourth-order valence-electron chi connectivity index (χ4n) is 2.34. The second-order valence-corrected chi connectivity index (χ2v) is 7.50. The van der Waals surface area contributed by atoms with E-state index in [1.807, 2.05) is 0 Å². The number of sulfone groups is 1. The number of amides is 1. The van der Waals surface area contributed by atoms with Crippen molar-refractivity contribution in [1.29, 1.82) is 0 Å². The van der Waals surface area contributed by atoms with E-state index < -0.39 is 15.8 Å². The van der Waals surface area contributed by atoms with Gasteiger partial charge in [-0.05, 0) is 18.1 Å². The number of fused-ring (bicyclic) bond motifs is 1. The molecule has 3 rings (SSSR count). The minimum absolute atomic E-state index is 0.0000307. The normalized spacial score (nSPS) is 20.1. The molecule has 0 saturated carbocycles. The minimum Gasteiger partial charge on any atom is -0.301 e. The summed E-state index contributed by atoms with van der Waals surface area (Å²) in [4.78, 5) is 16.6. The molecule has 0 aliphatic carbocycles. The Bertz CT molecular complexity index is 739. The van der Waals surface area contributed by atoms with E-state index in [0.717, 1.165) is 0 Å². The van der Waals surface area contributed by atoms with Gasteiger partial charge in [-0.2, -0.15) is 0 Å². The van der Waals surface area contributed by atoms with E-state index in [4.69, 9.17) is 0 Å². The monoisotopic (exact) mass is 308 g/mol. The fraction of sp³-hybridized carbons (Fsp3) is 0.231. The molecular weight excluding hydrogens is 296 g/mol. The molecule has 1 aromatic heterocycles. The number of rotatable bonds is 2. The molecule has 1 N–H and O–H groups in total. The van der Waals surface area contributed by atoms with Gasteiger partial charge < -0.3 is 5.32 Å². The zero-order valence-corrected chi connectivity index (χ0v) is 12.1. The van der Waals surface area contributed by atoms with E-state index in [0.29, 0.717) is 17.1 Å². The van der Waals surface area contributed by atoms with Crippen LogP contribution in [0.1, 0.15) is 17.9 Å². The molecule has 104 valence electrons. The Balaban J connectivity index is 1.94. The Morgan fingerprint density at radius 3 is 2.90 bits per heavy atom. The van der Waals surface area contributed by atoms with Gasteiger partial charge in [0.15, 0.2) is 15.0 Å². The molecule has 1 unspecified atom stereocenters. The van der Waals surface area contributed by atoms with Gasteiger partial charge in [0.2, 0.25) is 5.91 Å². The van der Waals surface area contributed by atoms with Crippen molar-refractivity contribution in [3.05, 3.63) is 41.4 Å². The summed E-state index contributed by atoms with van der Waals surface area (Å²) in [6, 6.07) is 6.70. The number of benzene rings is 1. The van der Waals surface area contributed by atoms with Gasteiger partial charge in [-0.15, -0.1) is 11.3 Å². The molecule has 1 amide bonds. The van der Waals surface area contributed by atoms with Crippen molar-refractivity contribution in [1.82, 2.24) is 4.98 Å². The fourth-order valence-corrected chi connectivity index (χ4v) is 4.49. The molecule has 0 fully saturated rings. The number of nitrogens with one attached hydrogen (secondary N) is 1. The molecule has 0 bridgehead atoms. The second-order valence-electron chi connectivity index (χ2n) is 4.52. The molecule has 20 heavy (non-hydrogen) atoms. The van der Waals surface area contributed by atoms with Crippen molar-refractivity contribution < 1.29 is 13.2 Å². The van der Waals surface area contributed by atoms with E-state index in [1.54, 1.807) is 35.8 Å². The lowest BCUT2D eigenvalue weighted by atomic mass is 9.95. The third kappa shape index (κ3) is 2.34. The summed E-state index contributed by atoms with van der Waals surface area (Å²) in [5, 5.41) is 5.03. The van der Waals surface area contributed by atoms with Crippen LogP contribution in [0, 0.1) is 0 Å². The van der Waals surface area contributed by atoms with Crippen LogP contribution in [0.5, 0.6) is 0 Å². The van der Waals surface area contributed by atoms with Gasteiger partial charge in [0.25, 0.3) is 0 Å². The van der Waals surface area contributed by atoms with E-state index in [1.165, 1.54) is 11.3 Å². The molecule has 1 aromatic carbocycles. The van der Waals surface area contributed by atoms with Gasteiger partial charge in [-0.25, -0.2) is 13.4 Å². The van der Waals surface area contributed by atoms with Gasteiger partial charge in [0, 0.05) is 11.6 Å². The molecule has 1 aliphatic heterocycles. The molecule has 1 atom stereocenters. The SMILES string of the molecule is O=C(Nc1nccs1)C1CCS(=O)(=O)c2ccccc21. The van der Waals surface area contributed by atoms with E-state index in [9.17, 15) is 13.2 Å². The number of thiazole rings is 1. The summed E-state index contributed by atoms with van der Waals surface area (Å²) in [5.74, 6) is -0.652. The Morgan fingerprint density at radius 1 is 1.35 bits per heavy atom. The number of aromatic nitrogens is 1. The highest BCUT2D eigenvalue weighted by Gasteiger charge is 2.34. The molecule has 1 aliphatic rings. The molecule has 0 saturated heterocycles. The maximum absolute atomic E-state index is 12.3. The van der Waals surface area contributed by atoms with E-state index in [-0.39, 0.29) is 16.6 Å². The van der Waals surface area contributed by atoms with Crippen LogP contribution in [0.15, 0.2) is 40.7 Å². The van der Waals surface area contributed by atoms with Crippen LogP contribution in [0.25, 0.3) is 0 Å². The van der Waals surface area contributed by atoms with Crippen molar-refractivity contribution in [2.75, 3.05) is 11.1 Å². The van der Waals surface area contributed by atoms with Crippen LogP contribution in [-0.2, 0) is 14.6 Å². The van der Waals surface area contributed by atoms with Crippen molar-refractivity contribution in [3.63, 3.8) is 0 Å². The lowest BCUT2D eigenvalue weighted by Gasteiger charge is -2.24. The lowest BCUT2D eigenvalue weighted by molar-refractivity contribution is -0.117. The summed E-state index contributed by atoms with van der Waals surface area (Å²) in [6.07, 6.45) is 1.91. The Hall–Kier alpha value is -1.73. The van der Waals surface area contributed by atoms with E-state index >= 15 is 0 Å². The first-order valence-corrected chi connectivity index (χ1v) is 8.63. The number of carbonyl (C=O) groups is 1. The van der Waals surface area contributed by atoms with Gasteiger partial charge >= 0.3 is 0 Å². The number of carbonyl (C=O) groups excluding carboxylic acids is 1. The minimum atomic E-state index is -3.26. The van der Waals surface area contributed by atoms with Crippen LogP contribution in [0.2, 0.25) is 0 Å². The number of hydrogen-bond acceptors (Lipinski definition) is 5. The predicted molar refractivity (Wildman–Crippen MR) is 76.6 cm³/mol. The average Bonchev–Trinajstić information content (AvgIpc) is 2.92. The molecule has 2 heterocycles. The Labute approximate surface area is 120 Å². The zero-order valence-electron chi connectivity index (χ0n) is 10.4. The smallest absolute Gasteiger partial charge is 0.233 e. The first kappa shape index (κ1) is 13.3. The van der Waals surface area contributed by atoms with Crippen LogP contribution in [-0.4, -0.2) is 25.1 Å². The van der Waals surface area contributed by atoms with Gasteiger partial charge in [-0.3, -0.25) is 4.79 Å². The lowest BCUT2D eigenvalue weighted by Crippen LogP contribution is -2.29. The topological polar surface area (TPSA) is 76.1 Å². The van der Waals surface area contributed by atoms with Crippen LogP contribution >= 0.6 is 11.3 Å². The molecular formula is C13H12N2O3S2. The highest BCUT2D eigenvalue weighted by atomic mass is 32.2. The number of hydrogen-bond donors (Lipinski definition) is 1. The van der Waals surface area contributed by atoms with Gasteiger partial charge in [-0.1, -0.05) is 18.2 Å². The summed E-state index contributed by atoms with van der Waals surface area (Å²) in [7, 11) is -3.26. The van der Waals surface area contributed by atoms with Crippen LogP contribution in [0.4, 0.5) is 5.13 Å². The molecule has 2 aromatic rings. The quantitative estimate of drug-likeness (QED) is 0.921. The third-order valence-corrected chi connectivity index (χ3v) is 5.79. The summed E-state index contributed by atoms with van der Waals surface area (Å²) in [5.41, 5.74) is 0.577. The van der Waals surface area contributed by atoms with Crippen molar-refractivity contribution in [2.45, 2.75) is 17.2 Å².